The normalized spacial score (nSPS) is 23.8. The number of aryl methyl sites for hydroxylation is 1. The van der Waals surface area contributed by atoms with Crippen LogP contribution >= 0.6 is 0 Å². The first kappa shape index (κ1) is 25.0. The number of benzene rings is 1. The molecule has 0 heterocycles. The number of unbranched alkanes of at least 4 members (excludes halogenated alkanes) is 1. The molecule has 0 amide bonds. The molecule has 31 heavy (non-hydrogen) atoms. The molecule has 1 fully saturated rings. The minimum atomic E-state index is -0.641. The second kappa shape index (κ2) is 13.2. The first-order valence-electron chi connectivity index (χ1n) is 11.3. The zero-order chi connectivity index (χ0) is 22.6. The Hall–Kier alpha value is -2.24. The second-order valence-electron chi connectivity index (χ2n) is 8.56. The molecular weight excluding hydrogens is 392 g/mol. The molecule has 0 aliphatic heterocycles. The van der Waals surface area contributed by atoms with Gasteiger partial charge < -0.3 is 14.9 Å². The van der Waals surface area contributed by atoms with Crippen LogP contribution in [0.2, 0.25) is 0 Å². The molecule has 2 N–H and O–H groups in total. The number of carbonyl (C=O) groups excluding carboxylic acids is 2. The summed E-state index contributed by atoms with van der Waals surface area (Å²) in [5.41, 5.74) is 1.13. The van der Waals surface area contributed by atoms with Crippen molar-refractivity contribution in [1.29, 1.82) is 0 Å². The van der Waals surface area contributed by atoms with Crippen molar-refractivity contribution in [3.63, 3.8) is 0 Å². The fourth-order valence-corrected chi connectivity index (χ4v) is 3.98. The number of aliphatic hydroxyl groups excluding tert-OH is 2. The maximum atomic E-state index is 12.2. The van der Waals surface area contributed by atoms with E-state index in [0.717, 1.165) is 18.4 Å². The van der Waals surface area contributed by atoms with Crippen LogP contribution in [-0.2, 0) is 20.7 Å². The van der Waals surface area contributed by atoms with E-state index in [1.807, 2.05) is 56.3 Å². The Bertz CT molecular complexity index is 737. The van der Waals surface area contributed by atoms with Gasteiger partial charge in [-0.3, -0.25) is 9.59 Å². The Morgan fingerprint density at radius 1 is 1.10 bits per heavy atom. The van der Waals surface area contributed by atoms with Gasteiger partial charge in [-0.05, 0) is 57.1 Å². The number of carbonyl (C=O) groups is 2. The molecule has 1 aliphatic rings. The third-order valence-electron chi connectivity index (χ3n) is 5.62. The number of ketones is 1. The Morgan fingerprint density at radius 3 is 2.55 bits per heavy atom. The van der Waals surface area contributed by atoms with Gasteiger partial charge in [0.15, 0.2) is 5.78 Å². The van der Waals surface area contributed by atoms with Crippen molar-refractivity contribution in [2.24, 2.45) is 11.8 Å². The minimum Gasteiger partial charge on any atom is -0.463 e. The van der Waals surface area contributed by atoms with E-state index in [0.29, 0.717) is 32.1 Å². The molecule has 0 aromatic heterocycles. The van der Waals surface area contributed by atoms with Crippen molar-refractivity contribution in [3.8, 4) is 0 Å². The van der Waals surface area contributed by atoms with Gasteiger partial charge in [0.1, 0.15) is 0 Å². The van der Waals surface area contributed by atoms with Gasteiger partial charge in [0.25, 0.3) is 0 Å². The number of esters is 1. The minimum absolute atomic E-state index is 0.0278. The van der Waals surface area contributed by atoms with Crippen molar-refractivity contribution in [3.05, 3.63) is 60.2 Å². The Balaban J connectivity index is 1.77. The summed E-state index contributed by atoms with van der Waals surface area (Å²) in [5, 5.41) is 20.7. The lowest BCUT2D eigenvalue weighted by atomic mass is 9.89. The van der Waals surface area contributed by atoms with Crippen LogP contribution in [0, 0.1) is 11.8 Å². The third kappa shape index (κ3) is 9.19. The smallest absolute Gasteiger partial charge is 0.306 e. The highest BCUT2D eigenvalue weighted by molar-refractivity contribution is 5.89. The number of allylic oxidation sites excluding steroid dienone is 3. The molecule has 0 saturated heterocycles. The number of hydrogen-bond donors (Lipinski definition) is 2. The van der Waals surface area contributed by atoms with Gasteiger partial charge in [0.05, 0.1) is 18.3 Å². The number of hydrogen-bond acceptors (Lipinski definition) is 5. The molecule has 0 radical (unpaired) electrons. The lowest BCUT2D eigenvalue weighted by Crippen LogP contribution is -2.20. The molecule has 0 bridgehead atoms. The fraction of sp³-hybridized carbons (Fsp3) is 0.538. The van der Waals surface area contributed by atoms with Gasteiger partial charge in [-0.15, -0.1) is 0 Å². The number of aliphatic hydroxyl groups is 2. The average Bonchev–Trinajstić information content (AvgIpc) is 3.00. The molecule has 5 nitrogen and oxygen atoms in total. The zero-order valence-corrected chi connectivity index (χ0v) is 18.7. The average molecular weight is 429 g/mol. The summed E-state index contributed by atoms with van der Waals surface area (Å²) in [5.74, 6) is -0.503. The molecular formula is C26H36O5. The molecule has 1 saturated carbocycles. The quantitative estimate of drug-likeness (QED) is 0.226. The van der Waals surface area contributed by atoms with Crippen molar-refractivity contribution < 1.29 is 24.5 Å². The Kier molecular flexibility index (Phi) is 10.7. The first-order valence-corrected chi connectivity index (χ1v) is 11.3. The van der Waals surface area contributed by atoms with E-state index >= 15 is 0 Å². The largest absolute Gasteiger partial charge is 0.463 e. The molecule has 1 unspecified atom stereocenters. The van der Waals surface area contributed by atoms with E-state index in [2.05, 4.69) is 0 Å². The predicted octanol–water partition coefficient (Wildman–Crippen LogP) is 4.17. The van der Waals surface area contributed by atoms with Gasteiger partial charge in [-0.1, -0.05) is 48.6 Å². The maximum absolute atomic E-state index is 12.2. The summed E-state index contributed by atoms with van der Waals surface area (Å²) in [6, 6.07) is 9.88. The standard InChI is InChI=1S/C26H36O5/c1-19(2)31-26(30)13-9-4-3-8-12-22-23(25(29)18-24(22)28)17-16-21(27)15-14-20-10-6-5-7-11-20/h3,5-8,10-11,16-17,19,22-25,28-29H,4,9,12-15,18H2,1-2H3/b8-3+,17-16+/t22-,23?,24+,25-/m1/s1. The van der Waals surface area contributed by atoms with E-state index in [-0.39, 0.29) is 29.7 Å². The van der Waals surface area contributed by atoms with Crippen LogP contribution in [0.3, 0.4) is 0 Å². The Labute approximate surface area is 185 Å². The maximum Gasteiger partial charge on any atom is 0.306 e. The monoisotopic (exact) mass is 428 g/mol. The number of ether oxygens (including phenoxy) is 1. The van der Waals surface area contributed by atoms with Crippen molar-refractivity contribution in [2.75, 3.05) is 0 Å². The van der Waals surface area contributed by atoms with Gasteiger partial charge in [0, 0.05) is 25.2 Å². The van der Waals surface area contributed by atoms with Crippen molar-refractivity contribution >= 4 is 11.8 Å². The van der Waals surface area contributed by atoms with Gasteiger partial charge in [-0.25, -0.2) is 0 Å². The van der Waals surface area contributed by atoms with Crippen LogP contribution in [0.15, 0.2) is 54.6 Å². The van der Waals surface area contributed by atoms with Crippen molar-refractivity contribution in [1.82, 2.24) is 0 Å². The highest BCUT2D eigenvalue weighted by atomic mass is 16.5. The van der Waals surface area contributed by atoms with E-state index in [9.17, 15) is 19.8 Å². The van der Waals surface area contributed by atoms with Gasteiger partial charge in [-0.2, -0.15) is 0 Å². The number of rotatable bonds is 12. The summed E-state index contributed by atoms with van der Waals surface area (Å²) in [6.07, 6.45) is 9.96. The predicted molar refractivity (Wildman–Crippen MR) is 121 cm³/mol. The highest BCUT2D eigenvalue weighted by Crippen LogP contribution is 2.36. The zero-order valence-electron chi connectivity index (χ0n) is 18.7. The summed E-state index contributed by atoms with van der Waals surface area (Å²) in [4.78, 5) is 23.8. The first-order chi connectivity index (χ1) is 14.9. The summed E-state index contributed by atoms with van der Waals surface area (Å²) in [7, 11) is 0. The fourth-order valence-electron chi connectivity index (χ4n) is 3.98. The van der Waals surface area contributed by atoms with Crippen LogP contribution in [0.5, 0.6) is 0 Å². The van der Waals surface area contributed by atoms with Crippen molar-refractivity contribution in [2.45, 2.75) is 77.1 Å². The highest BCUT2D eigenvalue weighted by Gasteiger charge is 2.39. The van der Waals surface area contributed by atoms with Crippen LogP contribution in [0.25, 0.3) is 0 Å². The second-order valence-corrected chi connectivity index (χ2v) is 8.56. The molecule has 170 valence electrons. The van der Waals surface area contributed by atoms with Crippen LogP contribution in [-0.4, -0.2) is 40.3 Å². The van der Waals surface area contributed by atoms with Gasteiger partial charge >= 0.3 is 5.97 Å². The van der Waals surface area contributed by atoms with Gasteiger partial charge in [0.2, 0.25) is 0 Å². The third-order valence-corrected chi connectivity index (χ3v) is 5.62. The summed E-state index contributed by atoms with van der Waals surface area (Å²) in [6.45, 7) is 3.67. The van der Waals surface area contributed by atoms with E-state index in [1.165, 1.54) is 0 Å². The van der Waals surface area contributed by atoms with E-state index < -0.39 is 12.2 Å². The van der Waals surface area contributed by atoms with E-state index in [1.54, 1.807) is 12.2 Å². The molecule has 1 aliphatic carbocycles. The lowest BCUT2D eigenvalue weighted by molar-refractivity contribution is -0.147. The molecule has 1 aromatic carbocycles. The topological polar surface area (TPSA) is 83.8 Å². The molecule has 5 heteroatoms. The molecule has 2 rings (SSSR count). The Morgan fingerprint density at radius 2 is 1.84 bits per heavy atom. The van der Waals surface area contributed by atoms with Crippen LogP contribution in [0.1, 0.15) is 57.9 Å². The van der Waals surface area contributed by atoms with Crippen LogP contribution in [0.4, 0.5) is 0 Å². The van der Waals surface area contributed by atoms with Crippen LogP contribution < -0.4 is 0 Å². The molecule has 4 atom stereocenters. The summed E-state index contributed by atoms with van der Waals surface area (Å²) < 4.78 is 5.11. The molecule has 0 spiro atoms. The SMILES string of the molecule is CC(C)OC(=O)CCC/C=C/C[C@@H]1C(/C=C/C(=O)CCc2ccccc2)[C@H](O)C[C@@H]1O. The summed E-state index contributed by atoms with van der Waals surface area (Å²) >= 11 is 0. The molecule has 1 aromatic rings. The lowest BCUT2D eigenvalue weighted by Gasteiger charge is -2.19. The van der Waals surface area contributed by atoms with E-state index in [4.69, 9.17) is 4.74 Å².